The van der Waals surface area contributed by atoms with Crippen molar-refractivity contribution in [2.75, 3.05) is 7.05 Å². The van der Waals surface area contributed by atoms with Crippen molar-refractivity contribution in [2.24, 2.45) is 0 Å². The van der Waals surface area contributed by atoms with Crippen molar-refractivity contribution in [1.29, 1.82) is 0 Å². The summed E-state index contributed by atoms with van der Waals surface area (Å²) in [7, 11) is 1.97. The van der Waals surface area contributed by atoms with Gasteiger partial charge in [0.1, 0.15) is 0 Å². The molecule has 1 atom stereocenters. The summed E-state index contributed by atoms with van der Waals surface area (Å²) in [6, 6.07) is 2.60. The molecule has 0 aliphatic heterocycles. The Morgan fingerprint density at radius 3 is 2.92 bits per heavy atom. The van der Waals surface area contributed by atoms with E-state index >= 15 is 0 Å². The first-order valence-electron chi connectivity index (χ1n) is 3.99. The standard InChI is InChI=1S/C9H13BrN2/c1-7(11-2)3-8-4-9(10)6-12-5-8/h4-7,11H,3H2,1-2H3. The van der Waals surface area contributed by atoms with E-state index in [0.717, 1.165) is 10.9 Å². The summed E-state index contributed by atoms with van der Waals surface area (Å²) in [5, 5.41) is 3.19. The fourth-order valence-electron chi connectivity index (χ4n) is 1.02. The van der Waals surface area contributed by atoms with E-state index in [1.165, 1.54) is 5.56 Å². The molecule has 0 spiro atoms. The molecule has 12 heavy (non-hydrogen) atoms. The largest absolute Gasteiger partial charge is 0.317 e. The van der Waals surface area contributed by atoms with Crippen LogP contribution >= 0.6 is 15.9 Å². The van der Waals surface area contributed by atoms with Crippen molar-refractivity contribution in [3.63, 3.8) is 0 Å². The lowest BCUT2D eigenvalue weighted by Crippen LogP contribution is -2.23. The molecule has 0 amide bonds. The van der Waals surface area contributed by atoms with Crippen LogP contribution in [0.5, 0.6) is 0 Å². The van der Waals surface area contributed by atoms with Crippen LogP contribution in [0.25, 0.3) is 0 Å². The number of likely N-dealkylation sites (N-methyl/N-ethyl adjacent to an activating group) is 1. The van der Waals surface area contributed by atoms with Gasteiger partial charge in [0.05, 0.1) is 0 Å². The van der Waals surface area contributed by atoms with Gasteiger partial charge in [-0.05, 0) is 48.0 Å². The molecule has 1 aromatic heterocycles. The molecule has 0 saturated carbocycles. The summed E-state index contributed by atoms with van der Waals surface area (Å²) in [5.41, 5.74) is 1.26. The Balaban J connectivity index is 2.63. The van der Waals surface area contributed by atoms with Gasteiger partial charge < -0.3 is 5.32 Å². The SMILES string of the molecule is CNC(C)Cc1cncc(Br)c1. The number of halogens is 1. The molecule has 0 aromatic carbocycles. The zero-order chi connectivity index (χ0) is 8.97. The minimum Gasteiger partial charge on any atom is -0.317 e. The smallest absolute Gasteiger partial charge is 0.0410 e. The van der Waals surface area contributed by atoms with Crippen molar-refractivity contribution >= 4 is 15.9 Å². The Labute approximate surface area is 81.5 Å². The first-order valence-corrected chi connectivity index (χ1v) is 4.78. The third-order valence-electron chi connectivity index (χ3n) is 1.80. The maximum atomic E-state index is 4.10. The van der Waals surface area contributed by atoms with Crippen LogP contribution < -0.4 is 5.32 Å². The van der Waals surface area contributed by atoms with Crippen molar-refractivity contribution in [1.82, 2.24) is 10.3 Å². The Bertz CT molecular complexity index is 250. The lowest BCUT2D eigenvalue weighted by Gasteiger charge is -2.09. The van der Waals surface area contributed by atoms with Gasteiger partial charge in [-0.2, -0.15) is 0 Å². The van der Waals surface area contributed by atoms with E-state index < -0.39 is 0 Å². The van der Waals surface area contributed by atoms with Gasteiger partial charge in [0, 0.05) is 22.9 Å². The van der Waals surface area contributed by atoms with Gasteiger partial charge in [0.25, 0.3) is 0 Å². The second-order valence-electron chi connectivity index (χ2n) is 2.91. The second-order valence-corrected chi connectivity index (χ2v) is 3.82. The van der Waals surface area contributed by atoms with E-state index in [2.05, 4.69) is 39.2 Å². The first-order chi connectivity index (χ1) is 5.72. The van der Waals surface area contributed by atoms with Gasteiger partial charge in [-0.3, -0.25) is 4.98 Å². The molecule has 0 saturated heterocycles. The maximum Gasteiger partial charge on any atom is 0.0410 e. The number of aromatic nitrogens is 1. The number of nitrogens with one attached hydrogen (secondary N) is 1. The summed E-state index contributed by atoms with van der Waals surface area (Å²) in [4.78, 5) is 4.10. The summed E-state index contributed by atoms with van der Waals surface area (Å²) >= 11 is 3.39. The van der Waals surface area contributed by atoms with Crippen LogP contribution in [-0.4, -0.2) is 18.1 Å². The van der Waals surface area contributed by atoms with Crippen molar-refractivity contribution in [3.8, 4) is 0 Å². The monoisotopic (exact) mass is 228 g/mol. The Morgan fingerprint density at radius 2 is 2.33 bits per heavy atom. The van der Waals surface area contributed by atoms with Crippen molar-refractivity contribution in [2.45, 2.75) is 19.4 Å². The highest BCUT2D eigenvalue weighted by Crippen LogP contribution is 2.10. The summed E-state index contributed by atoms with van der Waals surface area (Å²) in [6.45, 7) is 2.15. The minimum absolute atomic E-state index is 0.501. The zero-order valence-corrected chi connectivity index (χ0v) is 8.93. The predicted molar refractivity (Wildman–Crippen MR) is 54.2 cm³/mol. The third kappa shape index (κ3) is 2.91. The number of nitrogens with zero attached hydrogens (tertiary/aromatic N) is 1. The molecule has 0 radical (unpaired) electrons. The fraction of sp³-hybridized carbons (Fsp3) is 0.444. The molecule has 2 nitrogen and oxygen atoms in total. The molecule has 0 fully saturated rings. The average molecular weight is 229 g/mol. The van der Waals surface area contributed by atoms with Gasteiger partial charge >= 0.3 is 0 Å². The topological polar surface area (TPSA) is 24.9 Å². The van der Waals surface area contributed by atoms with Crippen molar-refractivity contribution in [3.05, 3.63) is 28.5 Å². The molecule has 0 aliphatic carbocycles. The molecule has 1 aromatic rings. The second kappa shape index (κ2) is 4.58. The molecular formula is C9H13BrN2. The number of hydrogen-bond donors (Lipinski definition) is 1. The average Bonchev–Trinajstić information content (AvgIpc) is 2.04. The molecule has 0 aliphatic rings. The van der Waals surface area contributed by atoms with Crippen LogP contribution in [0.1, 0.15) is 12.5 Å². The van der Waals surface area contributed by atoms with Crippen LogP contribution in [0.3, 0.4) is 0 Å². The van der Waals surface area contributed by atoms with Crippen LogP contribution in [-0.2, 0) is 6.42 Å². The molecule has 3 heteroatoms. The third-order valence-corrected chi connectivity index (χ3v) is 2.23. The van der Waals surface area contributed by atoms with Crippen LogP contribution in [0.2, 0.25) is 0 Å². The van der Waals surface area contributed by atoms with Gasteiger partial charge in [0.15, 0.2) is 0 Å². The molecule has 1 unspecified atom stereocenters. The highest BCUT2D eigenvalue weighted by atomic mass is 79.9. The number of pyridine rings is 1. The first kappa shape index (κ1) is 9.68. The molecule has 1 heterocycles. The lowest BCUT2D eigenvalue weighted by atomic mass is 10.1. The molecular weight excluding hydrogens is 216 g/mol. The highest BCUT2D eigenvalue weighted by molar-refractivity contribution is 9.10. The summed E-state index contributed by atoms with van der Waals surface area (Å²) in [6.07, 6.45) is 4.72. The zero-order valence-electron chi connectivity index (χ0n) is 7.34. The maximum absolute atomic E-state index is 4.10. The van der Waals surface area contributed by atoms with Crippen LogP contribution in [0, 0.1) is 0 Å². The van der Waals surface area contributed by atoms with E-state index in [-0.39, 0.29) is 0 Å². The van der Waals surface area contributed by atoms with Crippen molar-refractivity contribution < 1.29 is 0 Å². The van der Waals surface area contributed by atoms with E-state index in [1.54, 1.807) is 6.20 Å². The lowest BCUT2D eigenvalue weighted by molar-refractivity contribution is 0.607. The quantitative estimate of drug-likeness (QED) is 0.857. The Hall–Kier alpha value is -0.410. The van der Waals surface area contributed by atoms with E-state index in [4.69, 9.17) is 0 Å². The molecule has 0 bridgehead atoms. The minimum atomic E-state index is 0.501. The predicted octanol–water partition coefficient (Wildman–Crippen LogP) is 1.99. The van der Waals surface area contributed by atoms with Gasteiger partial charge in [0.2, 0.25) is 0 Å². The van der Waals surface area contributed by atoms with E-state index in [9.17, 15) is 0 Å². The number of rotatable bonds is 3. The molecule has 1 N–H and O–H groups in total. The Morgan fingerprint density at radius 1 is 1.58 bits per heavy atom. The Kier molecular flexibility index (Phi) is 3.69. The van der Waals surface area contributed by atoms with Gasteiger partial charge in [-0.1, -0.05) is 0 Å². The highest BCUT2D eigenvalue weighted by Gasteiger charge is 2.00. The fourth-order valence-corrected chi connectivity index (χ4v) is 1.44. The number of hydrogen-bond acceptors (Lipinski definition) is 2. The van der Waals surface area contributed by atoms with Crippen LogP contribution in [0.4, 0.5) is 0 Å². The summed E-state index contributed by atoms with van der Waals surface area (Å²) < 4.78 is 1.04. The van der Waals surface area contributed by atoms with E-state index in [0.29, 0.717) is 6.04 Å². The van der Waals surface area contributed by atoms with E-state index in [1.807, 2.05) is 13.2 Å². The van der Waals surface area contributed by atoms with Crippen LogP contribution in [0.15, 0.2) is 22.9 Å². The summed E-state index contributed by atoms with van der Waals surface area (Å²) in [5.74, 6) is 0. The molecule has 1 rings (SSSR count). The normalized spacial score (nSPS) is 12.9. The van der Waals surface area contributed by atoms with Gasteiger partial charge in [-0.25, -0.2) is 0 Å². The molecule has 66 valence electrons. The van der Waals surface area contributed by atoms with Gasteiger partial charge in [-0.15, -0.1) is 0 Å².